The fourth-order valence-electron chi connectivity index (χ4n) is 2.01. The van der Waals surface area contributed by atoms with Crippen molar-refractivity contribution < 1.29 is 4.79 Å². The summed E-state index contributed by atoms with van der Waals surface area (Å²) >= 11 is 0. The standard InChI is InChI=1S/C17H22N4O/c1-4-5-11-18-17(22)15-9-10-16(21-20-15)19-14-8-6-7-12(2)13(14)3/h6-10H,4-5,11H2,1-3H3,(H,18,22)(H,19,21). The Kier molecular flexibility index (Phi) is 5.47. The molecule has 0 aliphatic carbocycles. The molecule has 0 radical (unpaired) electrons. The van der Waals surface area contributed by atoms with E-state index in [1.807, 2.05) is 12.1 Å². The minimum atomic E-state index is -0.181. The van der Waals surface area contributed by atoms with Gasteiger partial charge in [0, 0.05) is 12.2 Å². The number of rotatable bonds is 6. The molecule has 0 unspecified atom stereocenters. The van der Waals surface area contributed by atoms with Crippen LogP contribution in [0.1, 0.15) is 41.4 Å². The Bertz CT molecular complexity index is 638. The van der Waals surface area contributed by atoms with Gasteiger partial charge in [0.25, 0.3) is 5.91 Å². The first-order chi connectivity index (χ1) is 10.6. The molecule has 5 nitrogen and oxygen atoms in total. The SMILES string of the molecule is CCCCNC(=O)c1ccc(Nc2cccc(C)c2C)nn1. The van der Waals surface area contributed by atoms with Gasteiger partial charge >= 0.3 is 0 Å². The first-order valence-corrected chi connectivity index (χ1v) is 7.57. The third kappa shape index (κ3) is 4.04. The van der Waals surface area contributed by atoms with E-state index in [0.29, 0.717) is 18.1 Å². The number of anilines is 2. The van der Waals surface area contributed by atoms with E-state index in [4.69, 9.17) is 0 Å². The van der Waals surface area contributed by atoms with Gasteiger partial charge in [0.05, 0.1) is 0 Å². The van der Waals surface area contributed by atoms with Crippen LogP contribution in [0.5, 0.6) is 0 Å². The van der Waals surface area contributed by atoms with E-state index in [1.54, 1.807) is 12.1 Å². The Labute approximate surface area is 131 Å². The lowest BCUT2D eigenvalue weighted by Crippen LogP contribution is -2.25. The molecule has 0 saturated carbocycles. The normalized spacial score (nSPS) is 10.3. The van der Waals surface area contributed by atoms with Gasteiger partial charge in [0.1, 0.15) is 0 Å². The fourth-order valence-corrected chi connectivity index (χ4v) is 2.01. The summed E-state index contributed by atoms with van der Waals surface area (Å²) in [6.07, 6.45) is 2.01. The number of carbonyl (C=O) groups excluding carboxylic acids is 1. The molecule has 1 aromatic heterocycles. The van der Waals surface area contributed by atoms with Crippen molar-refractivity contribution in [1.29, 1.82) is 0 Å². The molecule has 116 valence electrons. The van der Waals surface area contributed by atoms with Crippen LogP contribution in [0.15, 0.2) is 30.3 Å². The molecule has 22 heavy (non-hydrogen) atoms. The maximum atomic E-state index is 11.9. The van der Waals surface area contributed by atoms with Gasteiger partial charge in [-0.05, 0) is 49.6 Å². The second kappa shape index (κ2) is 7.54. The summed E-state index contributed by atoms with van der Waals surface area (Å²) in [6, 6.07) is 9.50. The lowest BCUT2D eigenvalue weighted by Gasteiger charge is -2.10. The van der Waals surface area contributed by atoms with Crippen LogP contribution in [0.3, 0.4) is 0 Å². The highest BCUT2D eigenvalue weighted by Crippen LogP contribution is 2.21. The van der Waals surface area contributed by atoms with Crippen molar-refractivity contribution in [2.75, 3.05) is 11.9 Å². The van der Waals surface area contributed by atoms with Crippen LogP contribution < -0.4 is 10.6 Å². The molecule has 1 heterocycles. The van der Waals surface area contributed by atoms with Crippen LogP contribution in [0.2, 0.25) is 0 Å². The fraction of sp³-hybridized carbons (Fsp3) is 0.353. The Hall–Kier alpha value is -2.43. The molecule has 2 N–H and O–H groups in total. The van der Waals surface area contributed by atoms with E-state index < -0.39 is 0 Å². The van der Waals surface area contributed by atoms with Crippen molar-refractivity contribution in [3.8, 4) is 0 Å². The van der Waals surface area contributed by atoms with Crippen LogP contribution >= 0.6 is 0 Å². The summed E-state index contributed by atoms with van der Waals surface area (Å²) in [7, 11) is 0. The van der Waals surface area contributed by atoms with E-state index in [9.17, 15) is 4.79 Å². The third-order valence-electron chi connectivity index (χ3n) is 3.58. The topological polar surface area (TPSA) is 66.9 Å². The van der Waals surface area contributed by atoms with Crippen LogP contribution in [0.25, 0.3) is 0 Å². The minimum absolute atomic E-state index is 0.181. The lowest BCUT2D eigenvalue weighted by atomic mass is 10.1. The maximum Gasteiger partial charge on any atom is 0.271 e. The van der Waals surface area contributed by atoms with Crippen molar-refractivity contribution in [3.05, 3.63) is 47.2 Å². The summed E-state index contributed by atoms with van der Waals surface area (Å²) in [5, 5.41) is 14.1. The number of aryl methyl sites for hydroxylation is 1. The molecular formula is C17H22N4O. The van der Waals surface area contributed by atoms with E-state index in [2.05, 4.69) is 47.7 Å². The van der Waals surface area contributed by atoms with Gasteiger partial charge < -0.3 is 10.6 Å². The van der Waals surface area contributed by atoms with Crippen LogP contribution in [-0.4, -0.2) is 22.6 Å². The number of unbranched alkanes of at least 4 members (excludes halogenated alkanes) is 1. The quantitative estimate of drug-likeness (QED) is 0.802. The Balaban J connectivity index is 2.03. The predicted octanol–water partition coefficient (Wildman–Crippen LogP) is 3.37. The molecule has 1 amide bonds. The maximum absolute atomic E-state index is 11.9. The van der Waals surface area contributed by atoms with Gasteiger partial charge in [0.2, 0.25) is 0 Å². The molecule has 0 spiro atoms. The van der Waals surface area contributed by atoms with Gasteiger partial charge in [-0.2, -0.15) is 0 Å². The van der Waals surface area contributed by atoms with Crippen molar-refractivity contribution in [2.24, 2.45) is 0 Å². The monoisotopic (exact) mass is 298 g/mol. The number of benzene rings is 1. The summed E-state index contributed by atoms with van der Waals surface area (Å²) in [4.78, 5) is 11.9. The zero-order valence-corrected chi connectivity index (χ0v) is 13.3. The average Bonchev–Trinajstić information content (AvgIpc) is 2.53. The van der Waals surface area contributed by atoms with Gasteiger partial charge in [-0.3, -0.25) is 4.79 Å². The molecule has 2 rings (SSSR count). The van der Waals surface area contributed by atoms with E-state index >= 15 is 0 Å². The summed E-state index contributed by atoms with van der Waals surface area (Å²) in [5.41, 5.74) is 3.72. The smallest absolute Gasteiger partial charge is 0.271 e. The van der Waals surface area contributed by atoms with Gasteiger partial charge in [-0.15, -0.1) is 10.2 Å². The van der Waals surface area contributed by atoms with Gasteiger partial charge in [0.15, 0.2) is 11.5 Å². The predicted molar refractivity (Wildman–Crippen MR) is 88.5 cm³/mol. The number of nitrogens with one attached hydrogen (secondary N) is 2. The average molecular weight is 298 g/mol. The van der Waals surface area contributed by atoms with Crippen molar-refractivity contribution in [3.63, 3.8) is 0 Å². The zero-order valence-electron chi connectivity index (χ0n) is 13.3. The zero-order chi connectivity index (χ0) is 15.9. The number of nitrogens with zero attached hydrogens (tertiary/aromatic N) is 2. The Morgan fingerprint density at radius 1 is 1.14 bits per heavy atom. The largest absolute Gasteiger partial charge is 0.351 e. The van der Waals surface area contributed by atoms with Crippen molar-refractivity contribution in [2.45, 2.75) is 33.6 Å². The van der Waals surface area contributed by atoms with Crippen LogP contribution in [0.4, 0.5) is 11.5 Å². The van der Waals surface area contributed by atoms with Crippen molar-refractivity contribution in [1.82, 2.24) is 15.5 Å². The van der Waals surface area contributed by atoms with Crippen molar-refractivity contribution >= 4 is 17.4 Å². The van der Waals surface area contributed by atoms with Crippen LogP contribution in [-0.2, 0) is 0 Å². The number of aromatic nitrogens is 2. The summed E-state index contributed by atoms with van der Waals surface area (Å²) in [5.74, 6) is 0.443. The van der Waals surface area contributed by atoms with E-state index in [0.717, 1.165) is 18.5 Å². The first-order valence-electron chi connectivity index (χ1n) is 7.57. The second-order valence-corrected chi connectivity index (χ2v) is 5.29. The highest BCUT2D eigenvalue weighted by atomic mass is 16.1. The molecular weight excluding hydrogens is 276 g/mol. The molecule has 2 aromatic rings. The highest BCUT2D eigenvalue weighted by Gasteiger charge is 2.08. The summed E-state index contributed by atoms with van der Waals surface area (Å²) < 4.78 is 0. The Morgan fingerprint density at radius 3 is 2.64 bits per heavy atom. The second-order valence-electron chi connectivity index (χ2n) is 5.29. The molecule has 1 aromatic carbocycles. The lowest BCUT2D eigenvalue weighted by molar-refractivity contribution is 0.0947. The molecule has 0 saturated heterocycles. The molecule has 0 atom stereocenters. The van der Waals surface area contributed by atoms with Gasteiger partial charge in [-0.1, -0.05) is 25.5 Å². The third-order valence-corrected chi connectivity index (χ3v) is 3.58. The first kappa shape index (κ1) is 15.9. The molecule has 0 aliphatic heterocycles. The van der Waals surface area contributed by atoms with Gasteiger partial charge in [-0.25, -0.2) is 0 Å². The number of amides is 1. The number of hydrogen-bond donors (Lipinski definition) is 2. The highest BCUT2D eigenvalue weighted by molar-refractivity contribution is 5.92. The van der Waals surface area contributed by atoms with Crippen LogP contribution in [0, 0.1) is 13.8 Å². The Morgan fingerprint density at radius 2 is 1.95 bits per heavy atom. The molecule has 5 heteroatoms. The molecule has 0 fully saturated rings. The number of carbonyl (C=O) groups is 1. The molecule has 0 bridgehead atoms. The van der Waals surface area contributed by atoms with E-state index in [-0.39, 0.29) is 5.91 Å². The summed E-state index contributed by atoms with van der Waals surface area (Å²) in [6.45, 7) is 6.87. The number of hydrogen-bond acceptors (Lipinski definition) is 4. The van der Waals surface area contributed by atoms with E-state index in [1.165, 1.54) is 11.1 Å². The molecule has 0 aliphatic rings. The minimum Gasteiger partial charge on any atom is -0.351 e.